The Kier molecular flexibility index (Phi) is 3.46. The summed E-state index contributed by atoms with van der Waals surface area (Å²) in [6.45, 7) is 2.56. The Balaban J connectivity index is 2.35. The van der Waals surface area contributed by atoms with Crippen molar-refractivity contribution in [3.63, 3.8) is 0 Å². The van der Waals surface area contributed by atoms with Gasteiger partial charge in [0.2, 0.25) is 0 Å². The molecule has 1 rings (SSSR count). The van der Waals surface area contributed by atoms with Gasteiger partial charge in [-0.2, -0.15) is 0 Å². The van der Waals surface area contributed by atoms with Gasteiger partial charge in [-0.1, -0.05) is 0 Å². The quantitative estimate of drug-likeness (QED) is 0.503. The van der Waals surface area contributed by atoms with Crippen LogP contribution in [0, 0.1) is 0 Å². The van der Waals surface area contributed by atoms with E-state index in [0.29, 0.717) is 0 Å². The van der Waals surface area contributed by atoms with Crippen LogP contribution in [0.4, 0.5) is 0 Å². The van der Waals surface area contributed by atoms with E-state index in [1.807, 2.05) is 7.05 Å². The van der Waals surface area contributed by atoms with Crippen molar-refractivity contribution in [1.29, 1.82) is 0 Å². The third-order valence-electron chi connectivity index (χ3n) is 1.90. The number of hydroxylamine groups is 1. The smallest absolute Gasteiger partial charge is 0.261 e. The number of hydrogen-bond donors (Lipinski definition) is 2. The van der Waals surface area contributed by atoms with Gasteiger partial charge in [0.25, 0.3) is 5.91 Å². The van der Waals surface area contributed by atoms with E-state index in [9.17, 15) is 4.79 Å². The standard InChI is InChI=1S/C7H15N3O2/c1-10-4-3-8-6(5-10)7(11)9-12-2/h6,8H,3-5H2,1-2H3,(H,9,11). The number of amides is 1. The first-order valence-electron chi connectivity index (χ1n) is 3.99. The highest BCUT2D eigenvalue weighted by molar-refractivity contribution is 5.81. The van der Waals surface area contributed by atoms with Gasteiger partial charge >= 0.3 is 0 Å². The van der Waals surface area contributed by atoms with Gasteiger partial charge in [-0.3, -0.25) is 9.63 Å². The molecule has 1 aliphatic rings. The molecule has 70 valence electrons. The minimum Gasteiger partial charge on any atom is -0.303 e. The molecule has 1 heterocycles. The molecule has 5 nitrogen and oxygen atoms in total. The molecule has 1 fully saturated rings. The predicted octanol–water partition coefficient (Wildman–Crippen LogP) is -1.43. The fourth-order valence-electron chi connectivity index (χ4n) is 1.24. The van der Waals surface area contributed by atoms with Crippen molar-refractivity contribution in [2.45, 2.75) is 6.04 Å². The van der Waals surface area contributed by atoms with Crippen LogP contribution >= 0.6 is 0 Å². The highest BCUT2D eigenvalue weighted by atomic mass is 16.6. The molecule has 0 saturated carbocycles. The lowest BCUT2D eigenvalue weighted by molar-refractivity contribution is -0.134. The number of likely N-dealkylation sites (N-methyl/N-ethyl adjacent to an activating group) is 1. The van der Waals surface area contributed by atoms with Crippen LogP contribution in [0.3, 0.4) is 0 Å². The fraction of sp³-hybridized carbons (Fsp3) is 0.857. The van der Waals surface area contributed by atoms with Crippen LogP contribution in [0.15, 0.2) is 0 Å². The van der Waals surface area contributed by atoms with Crippen molar-refractivity contribution in [1.82, 2.24) is 15.7 Å². The molecule has 1 aliphatic heterocycles. The minimum atomic E-state index is -0.149. The molecule has 2 N–H and O–H groups in total. The van der Waals surface area contributed by atoms with E-state index in [4.69, 9.17) is 0 Å². The average molecular weight is 173 g/mol. The van der Waals surface area contributed by atoms with E-state index in [1.54, 1.807) is 0 Å². The highest BCUT2D eigenvalue weighted by Crippen LogP contribution is 1.95. The van der Waals surface area contributed by atoms with E-state index in [0.717, 1.165) is 19.6 Å². The normalized spacial score (nSPS) is 25.3. The van der Waals surface area contributed by atoms with Crippen molar-refractivity contribution in [3.05, 3.63) is 0 Å². The molecule has 0 aliphatic carbocycles. The van der Waals surface area contributed by atoms with Crippen molar-refractivity contribution in [2.24, 2.45) is 0 Å². The molecule has 0 aromatic heterocycles. The fourth-order valence-corrected chi connectivity index (χ4v) is 1.24. The van der Waals surface area contributed by atoms with Gasteiger partial charge in [0.1, 0.15) is 6.04 Å². The zero-order valence-electron chi connectivity index (χ0n) is 7.46. The van der Waals surface area contributed by atoms with Gasteiger partial charge in [0.05, 0.1) is 7.11 Å². The summed E-state index contributed by atoms with van der Waals surface area (Å²) in [5.41, 5.74) is 2.31. The van der Waals surface area contributed by atoms with Crippen LogP contribution in [0.1, 0.15) is 0 Å². The van der Waals surface area contributed by atoms with E-state index >= 15 is 0 Å². The van der Waals surface area contributed by atoms with Crippen molar-refractivity contribution >= 4 is 5.91 Å². The molecular formula is C7H15N3O2. The Labute approximate surface area is 72.0 Å². The van der Waals surface area contributed by atoms with Gasteiger partial charge in [-0.05, 0) is 7.05 Å². The largest absolute Gasteiger partial charge is 0.303 e. The van der Waals surface area contributed by atoms with Gasteiger partial charge in [-0.25, -0.2) is 5.48 Å². The molecule has 0 aromatic rings. The first-order chi connectivity index (χ1) is 5.74. The summed E-state index contributed by atoms with van der Waals surface area (Å²) in [5.74, 6) is -0.107. The maximum absolute atomic E-state index is 11.2. The molecule has 0 aromatic carbocycles. The maximum atomic E-state index is 11.2. The first kappa shape index (κ1) is 9.44. The van der Waals surface area contributed by atoms with E-state index in [1.165, 1.54) is 7.11 Å². The Morgan fingerprint density at radius 2 is 2.50 bits per heavy atom. The minimum absolute atomic E-state index is 0.107. The topological polar surface area (TPSA) is 53.6 Å². The molecular weight excluding hydrogens is 158 g/mol. The Morgan fingerprint density at radius 1 is 1.75 bits per heavy atom. The lowest BCUT2D eigenvalue weighted by atomic mass is 10.2. The zero-order chi connectivity index (χ0) is 8.97. The van der Waals surface area contributed by atoms with E-state index in [-0.39, 0.29) is 11.9 Å². The van der Waals surface area contributed by atoms with Crippen LogP contribution < -0.4 is 10.8 Å². The number of nitrogens with one attached hydrogen (secondary N) is 2. The number of hydrogen-bond acceptors (Lipinski definition) is 4. The lowest BCUT2D eigenvalue weighted by Gasteiger charge is -2.29. The Bertz CT molecular complexity index is 163. The third-order valence-corrected chi connectivity index (χ3v) is 1.90. The molecule has 0 bridgehead atoms. The molecule has 5 heteroatoms. The van der Waals surface area contributed by atoms with Gasteiger partial charge in [0.15, 0.2) is 0 Å². The van der Waals surface area contributed by atoms with Crippen LogP contribution in [0.25, 0.3) is 0 Å². The van der Waals surface area contributed by atoms with Gasteiger partial charge in [0, 0.05) is 19.6 Å². The number of nitrogens with zero attached hydrogens (tertiary/aromatic N) is 1. The number of piperazine rings is 1. The first-order valence-corrected chi connectivity index (χ1v) is 3.99. The number of rotatable bonds is 2. The highest BCUT2D eigenvalue weighted by Gasteiger charge is 2.22. The van der Waals surface area contributed by atoms with Crippen molar-refractivity contribution < 1.29 is 9.63 Å². The van der Waals surface area contributed by atoms with E-state index < -0.39 is 0 Å². The number of carbonyl (C=O) groups is 1. The number of carbonyl (C=O) groups excluding carboxylic acids is 1. The summed E-state index contributed by atoms with van der Waals surface area (Å²) >= 11 is 0. The van der Waals surface area contributed by atoms with Gasteiger partial charge in [-0.15, -0.1) is 0 Å². The van der Waals surface area contributed by atoms with Crippen molar-refractivity contribution in [2.75, 3.05) is 33.8 Å². The molecule has 1 unspecified atom stereocenters. The van der Waals surface area contributed by atoms with Gasteiger partial charge < -0.3 is 10.2 Å². The summed E-state index contributed by atoms with van der Waals surface area (Å²) in [6, 6.07) is -0.149. The second-order valence-electron chi connectivity index (χ2n) is 2.94. The Hall–Kier alpha value is -0.650. The van der Waals surface area contributed by atoms with E-state index in [2.05, 4.69) is 20.5 Å². The Morgan fingerprint density at radius 3 is 3.08 bits per heavy atom. The molecule has 1 saturated heterocycles. The van der Waals surface area contributed by atoms with Crippen LogP contribution in [-0.2, 0) is 9.63 Å². The molecule has 1 atom stereocenters. The third kappa shape index (κ3) is 2.44. The van der Waals surface area contributed by atoms with Crippen LogP contribution in [0.2, 0.25) is 0 Å². The van der Waals surface area contributed by atoms with Crippen molar-refractivity contribution in [3.8, 4) is 0 Å². The lowest BCUT2D eigenvalue weighted by Crippen LogP contribution is -2.55. The maximum Gasteiger partial charge on any atom is 0.261 e. The summed E-state index contributed by atoms with van der Waals surface area (Å²) in [4.78, 5) is 17.9. The molecule has 0 radical (unpaired) electrons. The second-order valence-corrected chi connectivity index (χ2v) is 2.94. The monoisotopic (exact) mass is 173 g/mol. The summed E-state index contributed by atoms with van der Waals surface area (Å²) in [7, 11) is 3.43. The SMILES string of the molecule is CONC(=O)C1CN(C)CCN1. The summed E-state index contributed by atoms with van der Waals surface area (Å²) in [6.07, 6.45) is 0. The summed E-state index contributed by atoms with van der Waals surface area (Å²) in [5, 5.41) is 3.10. The second kappa shape index (κ2) is 4.39. The average Bonchev–Trinajstić information content (AvgIpc) is 2.05. The molecule has 0 spiro atoms. The molecule has 1 amide bonds. The van der Waals surface area contributed by atoms with Crippen LogP contribution in [-0.4, -0.2) is 50.6 Å². The zero-order valence-corrected chi connectivity index (χ0v) is 7.46. The summed E-state index contributed by atoms with van der Waals surface area (Å²) < 4.78 is 0. The predicted molar refractivity (Wildman–Crippen MR) is 44.4 cm³/mol. The van der Waals surface area contributed by atoms with Crippen LogP contribution in [0.5, 0.6) is 0 Å². The molecule has 12 heavy (non-hydrogen) atoms.